The lowest BCUT2D eigenvalue weighted by atomic mass is 9.88. The molecule has 1 saturated heterocycles. The average molecular weight is 395 g/mol. The molecule has 0 atom stereocenters. The predicted octanol–water partition coefficient (Wildman–Crippen LogP) is 3.55. The number of halogens is 1. The van der Waals surface area contributed by atoms with E-state index in [0.717, 1.165) is 55.8 Å². The number of hydrogen-bond acceptors (Lipinski definition) is 3. The lowest BCUT2D eigenvalue weighted by Gasteiger charge is -2.37. The Labute approximate surface area is 153 Å². The fraction of sp³-hybridized carbons (Fsp3) is 0.632. The first-order chi connectivity index (χ1) is 11.7. The Morgan fingerprint density at radius 1 is 1.12 bits per heavy atom. The van der Waals surface area contributed by atoms with Crippen molar-refractivity contribution in [2.75, 3.05) is 39.3 Å². The van der Waals surface area contributed by atoms with Gasteiger partial charge in [-0.1, -0.05) is 41.3 Å². The maximum atomic E-state index is 12.6. The zero-order valence-corrected chi connectivity index (χ0v) is 15.8. The van der Waals surface area contributed by atoms with E-state index in [2.05, 4.69) is 25.7 Å². The second-order valence-corrected chi connectivity index (χ2v) is 7.72. The molecule has 1 aliphatic heterocycles. The van der Waals surface area contributed by atoms with Crippen LogP contribution >= 0.6 is 15.9 Å². The Balaban J connectivity index is 1.36. The van der Waals surface area contributed by atoms with Crippen molar-refractivity contribution in [2.24, 2.45) is 5.92 Å². The van der Waals surface area contributed by atoms with Crippen molar-refractivity contribution in [3.8, 4) is 5.75 Å². The largest absolute Gasteiger partial charge is 0.492 e. The highest BCUT2D eigenvalue weighted by Gasteiger charge is 2.28. The van der Waals surface area contributed by atoms with E-state index in [1.807, 2.05) is 24.3 Å². The fourth-order valence-electron chi connectivity index (χ4n) is 3.65. The van der Waals surface area contributed by atoms with Gasteiger partial charge < -0.3 is 9.64 Å². The highest BCUT2D eigenvalue weighted by molar-refractivity contribution is 9.10. The van der Waals surface area contributed by atoms with Crippen LogP contribution in [0.5, 0.6) is 5.75 Å². The average Bonchev–Trinajstić information content (AvgIpc) is 2.63. The van der Waals surface area contributed by atoms with Gasteiger partial charge in [0.25, 0.3) is 0 Å². The predicted molar refractivity (Wildman–Crippen MR) is 99.2 cm³/mol. The quantitative estimate of drug-likeness (QED) is 0.765. The Morgan fingerprint density at radius 2 is 1.88 bits per heavy atom. The number of hydrogen-bond donors (Lipinski definition) is 0. The number of benzene rings is 1. The van der Waals surface area contributed by atoms with Gasteiger partial charge in [-0.2, -0.15) is 0 Å². The zero-order valence-electron chi connectivity index (χ0n) is 14.3. The molecule has 0 aromatic heterocycles. The summed E-state index contributed by atoms with van der Waals surface area (Å²) in [6, 6.07) is 7.94. The molecule has 4 nitrogen and oxygen atoms in total. The second-order valence-electron chi connectivity index (χ2n) is 6.81. The topological polar surface area (TPSA) is 32.8 Å². The first-order valence-corrected chi connectivity index (χ1v) is 9.91. The van der Waals surface area contributed by atoms with E-state index in [1.54, 1.807) is 0 Å². The van der Waals surface area contributed by atoms with Gasteiger partial charge in [-0.3, -0.25) is 9.69 Å². The third-order valence-electron chi connectivity index (χ3n) is 5.11. The van der Waals surface area contributed by atoms with Crippen LogP contribution in [0.15, 0.2) is 28.7 Å². The first-order valence-electron chi connectivity index (χ1n) is 9.12. The second kappa shape index (κ2) is 8.86. The van der Waals surface area contributed by atoms with Gasteiger partial charge in [0.15, 0.2) is 0 Å². The molecule has 0 unspecified atom stereocenters. The van der Waals surface area contributed by atoms with Crippen LogP contribution in [0.25, 0.3) is 0 Å². The number of nitrogens with zero attached hydrogens (tertiary/aromatic N) is 2. The van der Waals surface area contributed by atoms with Gasteiger partial charge >= 0.3 is 0 Å². The van der Waals surface area contributed by atoms with E-state index in [4.69, 9.17) is 4.74 Å². The Morgan fingerprint density at radius 3 is 2.58 bits per heavy atom. The Hall–Kier alpha value is -1.07. The molecule has 2 aliphatic rings. The van der Waals surface area contributed by atoms with Crippen LogP contribution in [-0.2, 0) is 4.79 Å². The molecule has 0 bridgehead atoms. The summed E-state index contributed by atoms with van der Waals surface area (Å²) in [7, 11) is 0. The summed E-state index contributed by atoms with van der Waals surface area (Å²) in [5, 5.41) is 0. The lowest BCUT2D eigenvalue weighted by Crippen LogP contribution is -2.51. The number of ether oxygens (including phenoxy) is 1. The highest BCUT2D eigenvalue weighted by atomic mass is 79.9. The summed E-state index contributed by atoms with van der Waals surface area (Å²) in [4.78, 5) is 17.0. The smallest absolute Gasteiger partial charge is 0.225 e. The van der Waals surface area contributed by atoms with Crippen LogP contribution < -0.4 is 4.74 Å². The molecule has 1 aromatic rings. The molecule has 0 spiro atoms. The van der Waals surface area contributed by atoms with Crippen LogP contribution in [-0.4, -0.2) is 55.0 Å². The molecule has 0 radical (unpaired) electrons. The van der Waals surface area contributed by atoms with Crippen molar-refractivity contribution >= 4 is 21.8 Å². The normalized spacial score (nSPS) is 20.1. The van der Waals surface area contributed by atoms with Crippen molar-refractivity contribution in [3.05, 3.63) is 28.7 Å². The molecule has 2 fully saturated rings. The van der Waals surface area contributed by atoms with Crippen molar-refractivity contribution < 1.29 is 9.53 Å². The van der Waals surface area contributed by atoms with E-state index >= 15 is 0 Å². The number of rotatable bonds is 5. The van der Waals surface area contributed by atoms with Crippen LogP contribution in [0.2, 0.25) is 0 Å². The van der Waals surface area contributed by atoms with E-state index < -0.39 is 0 Å². The van der Waals surface area contributed by atoms with Crippen molar-refractivity contribution in [2.45, 2.75) is 32.1 Å². The molecule has 1 aromatic carbocycles. The minimum absolute atomic E-state index is 0.296. The maximum absolute atomic E-state index is 12.6. The third kappa shape index (κ3) is 4.96. The van der Waals surface area contributed by atoms with Crippen LogP contribution in [0.3, 0.4) is 0 Å². The number of carbonyl (C=O) groups is 1. The summed E-state index contributed by atoms with van der Waals surface area (Å²) < 4.78 is 6.84. The van der Waals surface area contributed by atoms with Crippen molar-refractivity contribution in [1.82, 2.24) is 9.80 Å². The molecule has 1 amide bonds. The molecule has 1 heterocycles. The maximum Gasteiger partial charge on any atom is 0.225 e. The number of carbonyl (C=O) groups excluding carboxylic acids is 1. The molecule has 1 saturated carbocycles. The zero-order chi connectivity index (χ0) is 16.8. The summed E-state index contributed by atoms with van der Waals surface area (Å²) in [5.41, 5.74) is 0. The van der Waals surface area contributed by atoms with Gasteiger partial charge in [-0.05, 0) is 31.0 Å². The van der Waals surface area contributed by atoms with Crippen LogP contribution in [0.4, 0.5) is 0 Å². The molecule has 3 rings (SSSR count). The van der Waals surface area contributed by atoms with E-state index in [-0.39, 0.29) is 0 Å². The molecule has 24 heavy (non-hydrogen) atoms. The van der Waals surface area contributed by atoms with Crippen molar-refractivity contribution in [3.63, 3.8) is 0 Å². The van der Waals surface area contributed by atoms with Gasteiger partial charge in [0, 0.05) is 43.1 Å². The third-order valence-corrected chi connectivity index (χ3v) is 5.60. The van der Waals surface area contributed by atoms with E-state index in [0.29, 0.717) is 18.4 Å². The standard InChI is InChI=1S/C19H27BrN2O2/c20-17-7-4-8-18(15-17)24-14-13-21-9-11-22(12-10-21)19(23)16-5-2-1-3-6-16/h4,7-8,15-16H,1-3,5-6,9-14H2. The van der Waals surface area contributed by atoms with E-state index in [1.165, 1.54) is 19.3 Å². The lowest BCUT2D eigenvalue weighted by molar-refractivity contribution is -0.138. The summed E-state index contributed by atoms with van der Waals surface area (Å²) >= 11 is 3.46. The van der Waals surface area contributed by atoms with Crippen molar-refractivity contribution in [1.29, 1.82) is 0 Å². The minimum Gasteiger partial charge on any atom is -0.492 e. The molecule has 0 N–H and O–H groups in total. The van der Waals surface area contributed by atoms with Gasteiger partial charge in [0.05, 0.1) is 0 Å². The highest BCUT2D eigenvalue weighted by Crippen LogP contribution is 2.25. The SMILES string of the molecule is O=C(C1CCCCC1)N1CCN(CCOc2cccc(Br)c2)CC1. The summed E-state index contributed by atoms with van der Waals surface area (Å²) in [6.45, 7) is 5.25. The van der Waals surface area contributed by atoms with E-state index in [9.17, 15) is 4.79 Å². The van der Waals surface area contributed by atoms with Gasteiger partial charge in [0.1, 0.15) is 12.4 Å². The molecule has 132 valence electrons. The van der Waals surface area contributed by atoms with Crippen LogP contribution in [0.1, 0.15) is 32.1 Å². The number of amides is 1. The Kier molecular flexibility index (Phi) is 6.55. The van der Waals surface area contributed by atoms with Crippen LogP contribution in [0, 0.1) is 5.92 Å². The molecule has 5 heteroatoms. The summed E-state index contributed by atoms with van der Waals surface area (Å²) in [6.07, 6.45) is 5.95. The van der Waals surface area contributed by atoms with Gasteiger partial charge in [0.2, 0.25) is 5.91 Å². The number of piperazine rings is 1. The monoisotopic (exact) mass is 394 g/mol. The van der Waals surface area contributed by atoms with Gasteiger partial charge in [-0.25, -0.2) is 0 Å². The Bertz CT molecular complexity index is 538. The minimum atomic E-state index is 0.296. The van der Waals surface area contributed by atoms with Gasteiger partial charge in [-0.15, -0.1) is 0 Å². The molecular formula is C19H27BrN2O2. The fourth-order valence-corrected chi connectivity index (χ4v) is 4.03. The molecular weight excluding hydrogens is 368 g/mol. The first kappa shape index (κ1) is 17.7. The summed E-state index contributed by atoms with van der Waals surface area (Å²) in [5.74, 6) is 1.60. The molecule has 1 aliphatic carbocycles.